The molecule has 0 atom stereocenters. The van der Waals surface area contributed by atoms with E-state index in [9.17, 15) is 13.2 Å². The highest BCUT2D eigenvalue weighted by Crippen LogP contribution is 2.18. The van der Waals surface area contributed by atoms with Crippen LogP contribution >= 0.6 is 0 Å². The molecule has 0 fully saturated rings. The van der Waals surface area contributed by atoms with E-state index >= 15 is 0 Å². The number of carbonyl (C=O) groups excluding carboxylic acids is 1. The third kappa shape index (κ3) is 3.93. The molecular formula is C14H15NO5S. The Hall–Kier alpha value is -2.12. The summed E-state index contributed by atoms with van der Waals surface area (Å²) in [4.78, 5) is 16.5. The van der Waals surface area contributed by atoms with Crippen molar-refractivity contribution >= 4 is 15.7 Å². The number of benzene rings is 1. The Morgan fingerprint density at radius 1 is 1.19 bits per heavy atom. The summed E-state index contributed by atoms with van der Waals surface area (Å²) in [7, 11) is -3.50. The molecule has 1 aromatic heterocycles. The molecule has 0 saturated carbocycles. The summed E-state index contributed by atoms with van der Waals surface area (Å²) in [5.41, 5.74) is 2.17. The molecule has 0 aliphatic rings. The van der Waals surface area contributed by atoms with E-state index in [2.05, 4.69) is 5.48 Å². The number of amides is 1. The van der Waals surface area contributed by atoms with Crippen LogP contribution in [-0.4, -0.2) is 20.9 Å². The lowest BCUT2D eigenvalue weighted by Gasteiger charge is -2.02. The van der Waals surface area contributed by atoms with Crippen LogP contribution in [0.15, 0.2) is 51.8 Å². The number of hydrogen-bond donors (Lipinski definition) is 1. The number of hydrogen-bond acceptors (Lipinski definition) is 5. The zero-order valence-corrected chi connectivity index (χ0v) is 12.2. The molecule has 0 aliphatic heterocycles. The molecule has 21 heavy (non-hydrogen) atoms. The average molecular weight is 309 g/mol. The van der Waals surface area contributed by atoms with Gasteiger partial charge in [0.2, 0.25) is 0 Å². The van der Waals surface area contributed by atoms with E-state index in [0.29, 0.717) is 6.61 Å². The van der Waals surface area contributed by atoms with Crippen LogP contribution in [0.3, 0.4) is 0 Å². The smallest absolute Gasteiger partial charge is 0.310 e. The van der Waals surface area contributed by atoms with Crippen molar-refractivity contribution in [2.75, 3.05) is 6.61 Å². The van der Waals surface area contributed by atoms with Crippen LogP contribution in [0.25, 0.3) is 0 Å². The van der Waals surface area contributed by atoms with E-state index in [1.165, 1.54) is 24.3 Å². The van der Waals surface area contributed by atoms with Gasteiger partial charge in [-0.2, -0.15) is 0 Å². The van der Waals surface area contributed by atoms with E-state index < -0.39 is 15.7 Å². The SMILES string of the molecule is CCONC(=O)c1ccc(CS(=O)(=O)c2ccccc2)o1. The highest BCUT2D eigenvalue weighted by atomic mass is 32.2. The van der Waals surface area contributed by atoms with Crippen LogP contribution in [-0.2, 0) is 20.4 Å². The molecule has 0 spiro atoms. The van der Waals surface area contributed by atoms with Gasteiger partial charge in [-0.1, -0.05) is 18.2 Å². The van der Waals surface area contributed by atoms with Crippen LogP contribution in [0, 0.1) is 0 Å². The Morgan fingerprint density at radius 2 is 1.90 bits per heavy atom. The van der Waals surface area contributed by atoms with Gasteiger partial charge in [0.05, 0.1) is 11.5 Å². The highest BCUT2D eigenvalue weighted by Gasteiger charge is 2.19. The van der Waals surface area contributed by atoms with Gasteiger partial charge in [0.1, 0.15) is 11.5 Å². The minimum atomic E-state index is -3.50. The largest absolute Gasteiger partial charge is 0.455 e. The first-order chi connectivity index (χ1) is 10.0. The third-order valence-corrected chi connectivity index (χ3v) is 4.28. The van der Waals surface area contributed by atoms with Crippen molar-refractivity contribution in [1.29, 1.82) is 0 Å². The van der Waals surface area contributed by atoms with Gasteiger partial charge in [-0.05, 0) is 31.2 Å². The number of hydroxylamine groups is 1. The van der Waals surface area contributed by atoms with Gasteiger partial charge in [0.25, 0.3) is 0 Å². The van der Waals surface area contributed by atoms with Crippen molar-refractivity contribution in [2.24, 2.45) is 0 Å². The fraction of sp³-hybridized carbons (Fsp3) is 0.214. The third-order valence-electron chi connectivity index (χ3n) is 2.63. The predicted octanol–water partition coefficient (Wildman–Crippen LogP) is 1.93. The quantitative estimate of drug-likeness (QED) is 0.824. The lowest BCUT2D eigenvalue weighted by Crippen LogP contribution is -2.22. The second-order valence-corrected chi connectivity index (χ2v) is 6.19. The first-order valence-corrected chi connectivity index (χ1v) is 7.97. The molecule has 6 nitrogen and oxygen atoms in total. The summed E-state index contributed by atoms with van der Waals surface area (Å²) >= 11 is 0. The molecule has 1 amide bonds. The number of furan rings is 1. The van der Waals surface area contributed by atoms with E-state index in [0.717, 1.165) is 0 Å². The van der Waals surface area contributed by atoms with E-state index in [4.69, 9.17) is 9.25 Å². The van der Waals surface area contributed by atoms with Crippen molar-refractivity contribution in [3.05, 3.63) is 54.0 Å². The Morgan fingerprint density at radius 3 is 2.57 bits per heavy atom. The molecule has 7 heteroatoms. The monoisotopic (exact) mass is 309 g/mol. The van der Waals surface area contributed by atoms with Gasteiger partial charge in [0, 0.05) is 0 Å². The fourth-order valence-electron chi connectivity index (χ4n) is 1.66. The van der Waals surface area contributed by atoms with Crippen LogP contribution in [0.2, 0.25) is 0 Å². The minimum Gasteiger partial charge on any atom is -0.455 e. The Bertz CT molecular complexity index is 706. The molecule has 1 heterocycles. The number of rotatable bonds is 6. The van der Waals surface area contributed by atoms with Gasteiger partial charge >= 0.3 is 5.91 Å². The molecule has 1 aromatic carbocycles. The Kier molecular flexibility index (Phi) is 4.77. The lowest BCUT2D eigenvalue weighted by molar-refractivity contribution is 0.0339. The van der Waals surface area contributed by atoms with Crippen molar-refractivity contribution < 1.29 is 22.5 Å². The zero-order chi connectivity index (χ0) is 15.3. The molecule has 2 rings (SSSR count). The maximum absolute atomic E-state index is 12.2. The molecule has 0 saturated heterocycles. The number of sulfone groups is 1. The molecule has 0 radical (unpaired) electrons. The molecule has 2 aromatic rings. The standard InChI is InChI=1S/C14H15NO5S/c1-2-19-15-14(16)13-9-8-11(20-13)10-21(17,18)12-6-4-3-5-7-12/h3-9H,2,10H2,1H3,(H,15,16). The van der Waals surface area contributed by atoms with Crippen molar-refractivity contribution in [2.45, 2.75) is 17.6 Å². The molecule has 0 unspecified atom stereocenters. The molecule has 112 valence electrons. The van der Waals surface area contributed by atoms with Gasteiger partial charge in [-0.25, -0.2) is 13.9 Å². The maximum atomic E-state index is 12.2. The minimum absolute atomic E-state index is 0.00158. The fourth-order valence-corrected chi connectivity index (χ4v) is 2.93. The van der Waals surface area contributed by atoms with Crippen molar-refractivity contribution in [1.82, 2.24) is 5.48 Å². The number of nitrogens with one attached hydrogen (secondary N) is 1. The van der Waals surface area contributed by atoms with Crippen molar-refractivity contribution in [3.8, 4) is 0 Å². The summed E-state index contributed by atoms with van der Waals surface area (Å²) in [5, 5.41) is 0. The molecular weight excluding hydrogens is 294 g/mol. The van der Waals surface area contributed by atoms with E-state index in [-0.39, 0.29) is 22.2 Å². The molecule has 0 aliphatic carbocycles. The average Bonchev–Trinajstić information content (AvgIpc) is 2.93. The van der Waals surface area contributed by atoms with Gasteiger partial charge in [-0.3, -0.25) is 9.63 Å². The van der Waals surface area contributed by atoms with E-state index in [1.54, 1.807) is 25.1 Å². The summed E-state index contributed by atoms with van der Waals surface area (Å²) in [5.74, 6) is -0.665. The summed E-state index contributed by atoms with van der Waals surface area (Å²) < 4.78 is 29.6. The van der Waals surface area contributed by atoms with Crippen molar-refractivity contribution in [3.63, 3.8) is 0 Å². The summed E-state index contributed by atoms with van der Waals surface area (Å²) in [6.07, 6.45) is 0. The summed E-state index contributed by atoms with van der Waals surface area (Å²) in [6, 6.07) is 10.9. The maximum Gasteiger partial charge on any atom is 0.310 e. The normalized spacial score (nSPS) is 11.3. The van der Waals surface area contributed by atoms with Gasteiger partial charge < -0.3 is 4.42 Å². The van der Waals surface area contributed by atoms with Crippen LogP contribution in [0.1, 0.15) is 23.2 Å². The molecule has 1 N–H and O–H groups in total. The Balaban J connectivity index is 2.11. The summed E-state index contributed by atoms with van der Waals surface area (Å²) in [6.45, 7) is 2.04. The zero-order valence-electron chi connectivity index (χ0n) is 11.4. The van der Waals surface area contributed by atoms with Crippen LogP contribution < -0.4 is 5.48 Å². The topological polar surface area (TPSA) is 85.6 Å². The van der Waals surface area contributed by atoms with Crippen LogP contribution in [0.4, 0.5) is 0 Å². The predicted molar refractivity (Wildman–Crippen MR) is 75.1 cm³/mol. The second kappa shape index (κ2) is 6.55. The highest BCUT2D eigenvalue weighted by molar-refractivity contribution is 7.90. The second-order valence-electron chi connectivity index (χ2n) is 4.20. The van der Waals surface area contributed by atoms with Gasteiger partial charge in [0.15, 0.2) is 15.6 Å². The van der Waals surface area contributed by atoms with E-state index in [1.807, 2.05) is 0 Å². The first kappa shape index (κ1) is 15.3. The molecule has 0 bridgehead atoms. The van der Waals surface area contributed by atoms with Gasteiger partial charge in [-0.15, -0.1) is 0 Å². The first-order valence-electron chi connectivity index (χ1n) is 6.31. The Labute approximate surface area is 122 Å². The van der Waals surface area contributed by atoms with Crippen LogP contribution in [0.5, 0.6) is 0 Å². The number of carbonyl (C=O) groups is 1. The lowest BCUT2D eigenvalue weighted by atomic mass is 10.4.